The second-order valence-electron chi connectivity index (χ2n) is 6.32. The molecule has 122 valence electrons. The number of hydrogen-bond donors (Lipinski definition) is 0. The van der Waals surface area contributed by atoms with E-state index in [1.54, 1.807) is 6.07 Å². The first-order valence-electron chi connectivity index (χ1n) is 8.04. The van der Waals surface area contributed by atoms with Gasteiger partial charge in [-0.2, -0.15) is 13.2 Å². The van der Waals surface area contributed by atoms with E-state index in [1.165, 1.54) is 32.0 Å². The zero-order chi connectivity index (χ0) is 15.6. The highest BCUT2D eigenvalue weighted by Gasteiger charge is 2.33. The van der Waals surface area contributed by atoms with Gasteiger partial charge in [0.2, 0.25) is 0 Å². The molecule has 3 heterocycles. The van der Waals surface area contributed by atoms with Crippen LogP contribution in [0.1, 0.15) is 31.4 Å². The minimum atomic E-state index is -4.37. The predicted molar refractivity (Wildman–Crippen MR) is 79.9 cm³/mol. The zero-order valence-electron chi connectivity index (χ0n) is 12.6. The largest absolute Gasteiger partial charge is 0.433 e. The van der Waals surface area contributed by atoms with Crippen molar-refractivity contribution in [3.8, 4) is 0 Å². The summed E-state index contributed by atoms with van der Waals surface area (Å²) in [4.78, 5) is 8.29. The predicted octanol–water partition coefficient (Wildman–Crippen LogP) is 3.41. The molecular weight excluding hydrogens is 291 g/mol. The lowest BCUT2D eigenvalue weighted by Crippen LogP contribution is -2.38. The minimum Gasteiger partial charge on any atom is -0.357 e. The normalized spacial score (nSPS) is 21.5. The summed E-state index contributed by atoms with van der Waals surface area (Å²) in [6, 6.07) is 4.15. The molecular formula is C16H22F3N3. The SMILES string of the molecule is FC(F)(F)c1cccc(N2CCC(CN3CCCC3)CC2)n1. The quantitative estimate of drug-likeness (QED) is 0.852. The molecule has 1 aromatic rings. The van der Waals surface area contributed by atoms with Gasteiger partial charge in [0.1, 0.15) is 11.5 Å². The second-order valence-corrected chi connectivity index (χ2v) is 6.32. The van der Waals surface area contributed by atoms with E-state index in [1.807, 2.05) is 4.90 Å². The highest BCUT2D eigenvalue weighted by Crippen LogP contribution is 2.30. The van der Waals surface area contributed by atoms with Gasteiger partial charge in [-0.1, -0.05) is 6.07 Å². The van der Waals surface area contributed by atoms with Crippen LogP contribution in [0.5, 0.6) is 0 Å². The van der Waals surface area contributed by atoms with Crippen molar-refractivity contribution in [3.05, 3.63) is 23.9 Å². The molecule has 2 saturated heterocycles. The van der Waals surface area contributed by atoms with Gasteiger partial charge in [-0.3, -0.25) is 0 Å². The third kappa shape index (κ3) is 3.72. The maximum atomic E-state index is 12.7. The Balaban J connectivity index is 1.57. The van der Waals surface area contributed by atoms with Gasteiger partial charge < -0.3 is 9.80 Å². The van der Waals surface area contributed by atoms with Crippen molar-refractivity contribution < 1.29 is 13.2 Å². The van der Waals surface area contributed by atoms with Crippen molar-refractivity contribution in [1.29, 1.82) is 0 Å². The van der Waals surface area contributed by atoms with Gasteiger partial charge in [0.05, 0.1) is 0 Å². The van der Waals surface area contributed by atoms with E-state index in [-0.39, 0.29) is 0 Å². The van der Waals surface area contributed by atoms with Gasteiger partial charge in [0.15, 0.2) is 0 Å². The van der Waals surface area contributed by atoms with E-state index in [0.717, 1.165) is 38.5 Å². The van der Waals surface area contributed by atoms with Gasteiger partial charge in [-0.25, -0.2) is 4.98 Å². The molecule has 1 aromatic heterocycles. The maximum absolute atomic E-state index is 12.7. The number of nitrogens with zero attached hydrogens (tertiary/aromatic N) is 3. The van der Waals surface area contributed by atoms with Crippen LogP contribution in [0.25, 0.3) is 0 Å². The smallest absolute Gasteiger partial charge is 0.357 e. The third-order valence-corrected chi connectivity index (χ3v) is 4.68. The molecule has 0 atom stereocenters. The molecule has 0 unspecified atom stereocenters. The number of piperidine rings is 1. The Bertz CT molecular complexity index is 490. The van der Waals surface area contributed by atoms with Crippen molar-refractivity contribution in [3.63, 3.8) is 0 Å². The van der Waals surface area contributed by atoms with Crippen molar-refractivity contribution in [2.24, 2.45) is 5.92 Å². The Labute approximate surface area is 129 Å². The van der Waals surface area contributed by atoms with Gasteiger partial charge in [0, 0.05) is 19.6 Å². The standard InChI is InChI=1S/C16H22F3N3/c17-16(18,19)14-4-3-5-15(20-14)22-10-6-13(7-11-22)12-21-8-1-2-9-21/h3-5,13H,1-2,6-12H2. The van der Waals surface area contributed by atoms with E-state index in [0.29, 0.717) is 11.7 Å². The molecule has 0 spiro atoms. The van der Waals surface area contributed by atoms with Crippen LogP contribution in [0.4, 0.5) is 19.0 Å². The number of alkyl halides is 3. The first-order valence-corrected chi connectivity index (χ1v) is 8.04. The molecule has 22 heavy (non-hydrogen) atoms. The van der Waals surface area contributed by atoms with E-state index in [9.17, 15) is 13.2 Å². The fraction of sp³-hybridized carbons (Fsp3) is 0.688. The van der Waals surface area contributed by atoms with Crippen LogP contribution in [0.2, 0.25) is 0 Å². The highest BCUT2D eigenvalue weighted by atomic mass is 19.4. The molecule has 3 rings (SSSR count). The van der Waals surface area contributed by atoms with Gasteiger partial charge >= 0.3 is 6.18 Å². The van der Waals surface area contributed by atoms with Gasteiger partial charge in [0.25, 0.3) is 0 Å². The number of halogens is 3. The van der Waals surface area contributed by atoms with Crippen molar-refractivity contribution in [2.45, 2.75) is 31.9 Å². The van der Waals surface area contributed by atoms with E-state index < -0.39 is 11.9 Å². The summed E-state index contributed by atoms with van der Waals surface area (Å²) in [5.74, 6) is 1.12. The van der Waals surface area contributed by atoms with Crippen LogP contribution >= 0.6 is 0 Å². The Kier molecular flexibility index (Phi) is 4.57. The lowest BCUT2D eigenvalue weighted by Gasteiger charge is -2.34. The van der Waals surface area contributed by atoms with Crippen molar-refractivity contribution >= 4 is 5.82 Å². The van der Waals surface area contributed by atoms with Crippen LogP contribution in [-0.2, 0) is 6.18 Å². The molecule has 6 heteroatoms. The molecule has 2 aliphatic heterocycles. The number of pyridine rings is 1. The lowest BCUT2D eigenvalue weighted by molar-refractivity contribution is -0.141. The molecule has 0 bridgehead atoms. The molecule has 0 saturated carbocycles. The molecule has 0 amide bonds. The Morgan fingerprint density at radius 3 is 2.36 bits per heavy atom. The minimum absolute atomic E-state index is 0.453. The zero-order valence-corrected chi connectivity index (χ0v) is 12.6. The van der Waals surface area contributed by atoms with Crippen molar-refractivity contribution in [2.75, 3.05) is 37.6 Å². The Morgan fingerprint density at radius 2 is 1.73 bits per heavy atom. The summed E-state index contributed by atoms with van der Waals surface area (Å²) < 4.78 is 38.2. The average Bonchev–Trinajstić information content (AvgIpc) is 3.00. The van der Waals surface area contributed by atoms with Crippen LogP contribution in [0.3, 0.4) is 0 Å². The summed E-state index contributed by atoms with van der Waals surface area (Å²) in [5.41, 5.74) is -0.802. The summed E-state index contributed by atoms with van der Waals surface area (Å²) >= 11 is 0. The van der Waals surface area contributed by atoms with Gasteiger partial charge in [-0.15, -0.1) is 0 Å². The fourth-order valence-electron chi connectivity index (χ4n) is 3.43. The number of anilines is 1. The Morgan fingerprint density at radius 1 is 1.05 bits per heavy atom. The van der Waals surface area contributed by atoms with Crippen LogP contribution in [0.15, 0.2) is 18.2 Å². The number of rotatable bonds is 3. The fourth-order valence-corrected chi connectivity index (χ4v) is 3.43. The van der Waals surface area contributed by atoms with Crippen LogP contribution in [-0.4, -0.2) is 42.6 Å². The third-order valence-electron chi connectivity index (χ3n) is 4.68. The lowest BCUT2D eigenvalue weighted by atomic mass is 9.96. The van der Waals surface area contributed by atoms with E-state index >= 15 is 0 Å². The number of likely N-dealkylation sites (tertiary alicyclic amines) is 1. The second kappa shape index (κ2) is 6.44. The van der Waals surface area contributed by atoms with Crippen LogP contribution in [0, 0.1) is 5.92 Å². The molecule has 0 aliphatic carbocycles. The Hall–Kier alpha value is -1.30. The molecule has 2 fully saturated rings. The number of aromatic nitrogens is 1. The summed E-state index contributed by atoms with van der Waals surface area (Å²) in [7, 11) is 0. The van der Waals surface area contributed by atoms with E-state index in [4.69, 9.17) is 0 Å². The van der Waals surface area contributed by atoms with E-state index in [2.05, 4.69) is 9.88 Å². The summed E-state index contributed by atoms with van der Waals surface area (Å²) in [6.45, 7) is 5.15. The molecule has 0 N–H and O–H groups in total. The molecule has 0 aromatic carbocycles. The topological polar surface area (TPSA) is 19.4 Å². The molecule has 2 aliphatic rings. The first-order chi connectivity index (χ1) is 10.5. The highest BCUT2D eigenvalue weighted by molar-refractivity contribution is 5.40. The maximum Gasteiger partial charge on any atom is 0.433 e. The summed E-state index contributed by atoms with van der Waals surface area (Å²) in [6.07, 6.45) is 0.299. The summed E-state index contributed by atoms with van der Waals surface area (Å²) in [5, 5.41) is 0. The van der Waals surface area contributed by atoms with Crippen LogP contribution < -0.4 is 4.90 Å². The number of hydrogen-bond acceptors (Lipinski definition) is 3. The van der Waals surface area contributed by atoms with Gasteiger partial charge in [-0.05, 0) is 56.8 Å². The first kappa shape index (κ1) is 15.6. The molecule has 3 nitrogen and oxygen atoms in total. The van der Waals surface area contributed by atoms with Crippen molar-refractivity contribution in [1.82, 2.24) is 9.88 Å². The average molecular weight is 313 g/mol. The molecule has 0 radical (unpaired) electrons. The monoisotopic (exact) mass is 313 g/mol.